The Morgan fingerprint density at radius 1 is 1.35 bits per heavy atom. The van der Waals surface area contributed by atoms with Gasteiger partial charge in [0.15, 0.2) is 0 Å². The molecule has 3 N–H and O–H groups in total. The molecule has 112 valence electrons. The lowest BCUT2D eigenvalue weighted by Gasteiger charge is -2.27. The van der Waals surface area contributed by atoms with E-state index in [1.54, 1.807) is 11.7 Å². The van der Waals surface area contributed by atoms with Gasteiger partial charge in [-0.05, 0) is 31.6 Å². The van der Waals surface area contributed by atoms with Gasteiger partial charge in [-0.15, -0.1) is 0 Å². The minimum atomic E-state index is -0.108. The first kappa shape index (κ1) is 14.9. The van der Waals surface area contributed by atoms with Gasteiger partial charge in [-0.2, -0.15) is 5.10 Å². The second-order valence-electron chi connectivity index (χ2n) is 5.98. The second kappa shape index (κ2) is 6.29. The van der Waals surface area contributed by atoms with Crippen molar-refractivity contribution < 1.29 is 4.79 Å². The molecule has 0 aliphatic heterocycles. The van der Waals surface area contributed by atoms with Gasteiger partial charge in [-0.3, -0.25) is 9.48 Å². The predicted octanol–water partition coefficient (Wildman–Crippen LogP) is 2.26. The molecule has 0 unspecified atom stereocenters. The summed E-state index contributed by atoms with van der Waals surface area (Å²) in [6.45, 7) is 4.83. The molecule has 2 rings (SSSR count). The van der Waals surface area contributed by atoms with Gasteiger partial charge >= 0.3 is 0 Å². The monoisotopic (exact) mass is 278 g/mol. The topological polar surface area (TPSA) is 72.9 Å². The minimum Gasteiger partial charge on any atom is -0.395 e. The lowest BCUT2D eigenvalue weighted by Crippen LogP contribution is -2.32. The third-order valence-electron chi connectivity index (χ3n) is 4.58. The fraction of sp³-hybridized carbons (Fsp3) is 0.733. The lowest BCUT2D eigenvalue weighted by atomic mass is 9.81. The fourth-order valence-corrected chi connectivity index (χ4v) is 3.11. The van der Waals surface area contributed by atoms with Crippen molar-refractivity contribution in [1.29, 1.82) is 0 Å². The first-order valence-corrected chi connectivity index (χ1v) is 7.60. The molecule has 1 heterocycles. The largest absolute Gasteiger partial charge is 0.395 e. The van der Waals surface area contributed by atoms with Gasteiger partial charge in [0.1, 0.15) is 5.69 Å². The third-order valence-corrected chi connectivity index (χ3v) is 4.58. The minimum absolute atomic E-state index is 0.108. The Kier molecular flexibility index (Phi) is 4.68. The number of amides is 1. The molecule has 5 nitrogen and oxygen atoms in total. The molecule has 1 aliphatic rings. The van der Waals surface area contributed by atoms with Crippen molar-refractivity contribution in [2.75, 3.05) is 12.3 Å². The fourth-order valence-electron chi connectivity index (χ4n) is 3.11. The molecular formula is C15H26N4O. The summed E-state index contributed by atoms with van der Waals surface area (Å²) in [5.74, 6) is 1.39. The van der Waals surface area contributed by atoms with Crippen LogP contribution >= 0.6 is 0 Å². The number of nitrogens with two attached hydrogens (primary N) is 1. The van der Waals surface area contributed by atoms with Crippen molar-refractivity contribution >= 4 is 11.6 Å². The summed E-state index contributed by atoms with van der Waals surface area (Å²) in [6, 6.07) is 0. The predicted molar refractivity (Wildman–Crippen MR) is 80.4 cm³/mol. The zero-order valence-corrected chi connectivity index (χ0v) is 12.8. The molecule has 1 saturated carbocycles. The Hall–Kier alpha value is -1.52. The van der Waals surface area contributed by atoms with Crippen LogP contribution in [0.2, 0.25) is 0 Å². The highest BCUT2D eigenvalue weighted by Gasteiger charge is 2.22. The summed E-state index contributed by atoms with van der Waals surface area (Å²) in [7, 11) is 1.75. The molecule has 1 amide bonds. The van der Waals surface area contributed by atoms with Gasteiger partial charge in [0, 0.05) is 13.6 Å². The summed E-state index contributed by atoms with van der Waals surface area (Å²) >= 11 is 0. The van der Waals surface area contributed by atoms with E-state index in [2.05, 4.69) is 17.3 Å². The average molecular weight is 278 g/mol. The highest BCUT2D eigenvalue weighted by atomic mass is 16.2. The number of nitrogens with one attached hydrogen (secondary N) is 1. The molecule has 1 aromatic heterocycles. The first-order valence-electron chi connectivity index (χ1n) is 7.60. The number of hydrogen-bond donors (Lipinski definition) is 2. The van der Waals surface area contributed by atoms with Gasteiger partial charge in [0.25, 0.3) is 5.91 Å². The molecule has 5 heteroatoms. The molecule has 0 radical (unpaired) electrons. The molecule has 0 bridgehead atoms. The van der Waals surface area contributed by atoms with Crippen LogP contribution in [0, 0.1) is 18.8 Å². The number of carbonyl (C=O) groups is 1. The zero-order valence-electron chi connectivity index (χ0n) is 12.8. The zero-order chi connectivity index (χ0) is 14.7. The van der Waals surface area contributed by atoms with Crippen molar-refractivity contribution in [3.05, 3.63) is 11.4 Å². The Bertz CT molecular complexity index is 472. The Morgan fingerprint density at radius 2 is 1.95 bits per heavy atom. The highest BCUT2D eigenvalue weighted by Crippen LogP contribution is 2.30. The quantitative estimate of drug-likeness (QED) is 0.887. The van der Waals surface area contributed by atoms with Crippen LogP contribution in [0.25, 0.3) is 0 Å². The van der Waals surface area contributed by atoms with Crippen LogP contribution in [0.1, 0.15) is 55.2 Å². The first-order chi connectivity index (χ1) is 9.52. The molecule has 0 aromatic carbocycles. The SMILES string of the molecule is CCC1CCC(CNC(=O)c2c(N)c(C)nn2C)CC1. The van der Waals surface area contributed by atoms with Crippen LogP contribution in [0.15, 0.2) is 0 Å². The van der Waals surface area contributed by atoms with Crippen LogP contribution in [0.4, 0.5) is 5.69 Å². The maximum Gasteiger partial charge on any atom is 0.271 e. The Balaban J connectivity index is 1.87. The van der Waals surface area contributed by atoms with E-state index in [4.69, 9.17) is 5.73 Å². The van der Waals surface area contributed by atoms with Crippen LogP contribution in [-0.4, -0.2) is 22.2 Å². The molecule has 1 fully saturated rings. The molecule has 0 spiro atoms. The number of nitrogens with zero attached hydrogens (tertiary/aromatic N) is 2. The van der Waals surface area contributed by atoms with Crippen LogP contribution in [-0.2, 0) is 7.05 Å². The maximum atomic E-state index is 12.2. The number of anilines is 1. The van der Waals surface area contributed by atoms with Gasteiger partial charge in [-0.25, -0.2) is 0 Å². The molecule has 0 saturated heterocycles. The van der Waals surface area contributed by atoms with Gasteiger partial charge in [0.2, 0.25) is 0 Å². The van der Waals surface area contributed by atoms with E-state index in [-0.39, 0.29) is 5.91 Å². The van der Waals surface area contributed by atoms with E-state index in [1.807, 2.05) is 6.92 Å². The van der Waals surface area contributed by atoms with Crippen molar-refractivity contribution in [3.63, 3.8) is 0 Å². The number of nitrogen functional groups attached to an aromatic ring is 1. The average Bonchev–Trinajstić information content (AvgIpc) is 2.70. The maximum absolute atomic E-state index is 12.2. The van der Waals surface area contributed by atoms with E-state index in [0.29, 0.717) is 23.0 Å². The lowest BCUT2D eigenvalue weighted by molar-refractivity contribution is 0.0932. The van der Waals surface area contributed by atoms with Crippen molar-refractivity contribution in [2.45, 2.75) is 46.0 Å². The second-order valence-corrected chi connectivity index (χ2v) is 5.98. The summed E-state index contributed by atoms with van der Waals surface area (Å²) in [5.41, 5.74) is 7.58. The van der Waals surface area contributed by atoms with E-state index < -0.39 is 0 Å². The van der Waals surface area contributed by atoms with E-state index in [9.17, 15) is 4.79 Å². The third kappa shape index (κ3) is 3.14. The van der Waals surface area contributed by atoms with Crippen molar-refractivity contribution in [3.8, 4) is 0 Å². The van der Waals surface area contributed by atoms with Gasteiger partial charge in [-0.1, -0.05) is 26.2 Å². The summed E-state index contributed by atoms with van der Waals surface area (Å²) in [5, 5.41) is 7.20. The van der Waals surface area contributed by atoms with Crippen LogP contribution in [0.3, 0.4) is 0 Å². The van der Waals surface area contributed by atoms with Gasteiger partial charge < -0.3 is 11.1 Å². The molecule has 20 heavy (non-hydrogen) atoms. The highest BCUT2D eigenvalue weighted by molar-refractivity contribution is 5.97. The number of carbonyl (C=O) groups excluding carboxylic acids is 1. The number of rotatable bonds is 4. The number of aromatic nitrogens is 2. The van der Waals surface area contributed by atoms with E-state index >= 15 is 0 Å². The summed E-state index contributed by atoms with van der Waals surface area (Å²) < 4.78 is 1.56. The van der Waals surface area contributed by atoms with Crippen molar-refractivity contribution in [1.82, 2.24) is 15.1 Å². The van der Waals surface area contributed by atoms with Crippen LogP contribution < -0.4 is 11.1 Å². The normalized spacial score (nSPS) is 22.8. The van der Waals surface area contributed by atoms with E-state index in [1.165, 1.54) is 32.1 Å². The Labute approximate surface area is 120 Å². The van der Waals surface area contributed by atoms with Gasteiger partial charge in [0.05, 0.1) is 11.4 Å². The standard InChI is InChI=1S/C15H26N4O/c1-4-11-5-7-12(8-6-11)9-17-15(20)14-13(16)10(2)18-19(14)3/h11-12H,4-9,16H2,1-3H3,(H,17,20). The number of hydrogen-bond acceptors (Lipinski definition) is 3. The molecule has 0 atom stereocenters. The molecule has 1 aromatic rings. The smallest absolute Gasteiger partial charge is 0.271 e. The Morgan fingerprint density at radius 3 is 2.45 bits per heavy atom. The molecular weight excluding hydrogens is 252 g/mol. The van der Waals surface area contributed by atoms with Crippen molar-refractivity contribution in [2.24, 2.45) is 18.9 Å². The van der Waals surface area contributed by atoms with Crippen LogP contribution in [0.5, 0.6) is 0 Å². The van der Waals surface area contributed by atoms with E-state index in [0.717, 1.165) is 12.5 Å². The number of aryl methyl sites for hydroxylation is 2. The summed E-state index contributed by atoms with van der Waals surface area (Å²) in [6.07, 6.45) is 6.31. The summed E-state index contributed by atoms with van der Waals surface area (Å²) in [4.78, 5) is 12.2. The molecule has 1 aliphatic carbocycles.